The van der Waals surface area contributed by atoms with Crippen molar-refractivity contribution in [2.45, 2.75) is 37.8 Å². The third-order valence-electron chi connectivity index (χ3n) is 3.93. The van der Waals surface area contributed by atoms with Gasteiger partial charge in [-0.25, -0.2) is 4.79 Å². The van der Waals surface area contributed by atoms with Crippen LogP contribution in [-0.2, 0) is 14.3 Å². The minimum atomic E-state index is -0.751. The van der Waals surface area contributed by atoms with Crippen molar-refractivity contribution >= 4 is 11.9 Å². The zero-order valence-corrected chi connectivity index (χ0v) is 11.9. The number of nitrogens with zero attached hydrogens (tertiary/aromatic N) is 1. The van der Waals surface area contributed by atoms with Crippen molar-refractivity contribution in [1.82, 2.24) is 10.2 Å². The molecule has 7 nitrogen and oxygen atoms in total. The Morgan fingerprint density at radius 3 is 2.75 bits per heavy atom. The number of urea groups is 1. The van der Waals surface area contributed by atoms with E-state index in [4.69, 9.17) is 15.2 Å². The van der Waals surface area contributed by atoms with Gasteiger partial charge in [0.05, 0.1) is 6.10 Å². The van der Waals surface area contributed by atoms with E-state index in [2.05, 4.69) is 5.32 Å². The summed E-state index contributed by atoms with van der Waals surface area (Å²) in [5, 5.41) is 2.83. The fraction of sp³-hybridized carbons (Fsp3) is 0.846. The first-order chi connectivity index (χ1) is 9.63. The van der Waals surface area contributed by atoms with Gasteiger partial charge in [-0.1, -0.05) is 0 Å². The molecule has 2 aliphatic heterocycles. The molecule has 20 heavy (non-hydrogen) atoms. The second kappa shape index (κ2) is 6.51. The van der Waals surface area contributed by atoms with Crippen molar-refractivity contribution in [2.24, 2.45) is 5.73 Å². The molecule has 0 saturated carbocycles. The molecule has 3 amide bonds. The molecule has 0 aromatic heterocycles. The third kappa shape index (κ3) is 2.94. The number of rotatable bonds is 6. The molecule has 2 rings (SSSR count). The van der Waals surface area contributed by atoms with Crippen LogP contribution in [0.15, 0.2) is 0 Å². The standard InChI is InChI=1S/C13H23N3O4/c1-2-20-10(9-14)3-6-16-11(17)13(15-12(16)18)4-7-19-8-5-13/h10H,2-9,14H2,1H3,(H,15,18). The monoisotopic (exact) mass is 285 g/mol. The van der Waals surface area contributed by atoms with Gasteiger partial charge in [-0.05, 0) is 13.3 Å². The Bertz CT molecular complexity index is 369. The van der Waals surface area contributed by atoms with Gasteiger partial charge in [0.25, 0.3) is 5.91 Å². The maximum absolute atomic E-state index is 12.5. The number of imide groups is 1. The topological polar surface area (TPSA) is 93.9 Å². The van der Waals surface area contributed by atoms with Crippen LogP contribution >= 0.6 is 0 Å². The summed E-state index contributed by atoms with van der Waals surface area (Å²) < 4.78 is 10.7. The average Bonchev–Trinajstić information content (AvgIpc) is 2.67. The van der Waals surface area contributed by atoms with Crippen molar-refractivity contribution in [1.29, 1.82) is 0 Å². The van der Waals surface area contributed by atoms with Gasteiger partial charge in [0, 0.05) is 45.8 Å². The van der Waals surface area contributed by atoms with Crippen LogP contribution in [0.4, 0.5) is 4.79 Å². The van der Waals surface area contributed by atoms with Crippen LogP contribution in [0.2, 0.25) is 0 Å². The van der Waals surface area contributed by atoms with E-state index in [1.807, 2.05) is 6.92 Å². The SMILES string of the molecule is CCOC(CN)CCN1C(=O)NC2(CCOCC2)C1=O. The molecule has 2 heterocycles. The largest absolute Gasteiger partial charge is 0.381 e. The van der Waals surface area contributed by atoms with E-state index in [-0.39, 0.29) is 18.0 Å². The van der Waals surface area contributed by atoms with E-state index in [1.54, 1.807) is 0 Å². The summed E-state index contributed by atoms with van der Waals surface area (Å²) in [7, 11) is 0. The predicted molar refractivity (Wildman–Crippen MR) is 72.1 cm³/mol. The van der Waals surface area contributed by atoms with E-state index < -0.39 is 5.54 Å². The molecule has 0 radical (unpaired) electrons. The molecule has 2 fully saturated rings. The summed E-state index contributed by atoms with van der Waals surface area (Å²) >= 11 is 0. The minimum absolute atomic E-state index is 0.119. The van der Waals surface area contributed by atoms with Crippen molar-refractivity contribution in [3.8, 4) is 0 Å². The molecule has 114 valence electrons. The lowest BCUT2D eigenvalue weighted by molar-refractivity contribution is -0.134. The van der Waals surface area contributed by atoms with Gasteiger partial charge in [-0.15, -0.1) is 0 Å². The number of amides is 3. The van der Waals surface area contributed by atoms with E-state index >= 15 is 0 Å². The maximum atomic E-state index is 12.5. The summed E-state index contributed by atoms with van der Waals surface area (Å²) in [6, 6.07) is -0.316. The highest BCUT2D eigenvalue weighted by atomic mass is 16.5. The molecule has 1 spiro atoms. The number of ether oxygens (including phenoxy) is 2. The number of carbonyl (C=O) groups excluding carboxylic acids is 2. The normalized spacial score (nSPS) is 23.2. The minimum Gasteiger partial charge on any atom is -0.381 e. The molecule has 0 bridgehead atoms. The highest BCUT2D eigenvalue weighted by molar-refractivity contribution is 6.07. The lowest BCUT2D eigenvalue weighted by Gasteiger charge is -2.30. The zero-order chi connectivity index (χ0) is 14.6. The van der Waals surface area contributed by atoms with Gasteiger partial charge in [-0.3, -0.25) is 9.69 Å². The first-order valence-electron chi connectivity index (χ1n) is 7.16. The molecule has 1 atom stereocenters. The Kier molecular flexibility index (Phi) is 4.95. The Labute approximate surface area is 118 Å². The third-order valence-corrected chi connectivity index (χ3v) is 3.93. The Hall–Kier alpha value is -1.18. The van der Waals surface area contributed by atoms with Crippen LogP contribution < -0.4 is 11.1 Å². The van der Waals surface area contributed by atoms with E-state index in [1.165, 1.54) is 4.90 Å². The van der Waals surface area contributed by atoms with Gasteiger partial charge in [0.15, 0.2) is 0 Å². The van der Waals surface area contributed by atoms with Crippen molar-refractivity contribution in [3.05, 3.63) is 0 Å². The quantitative estimate of drug-likeness (QED) is 0.661. The molecular formula is C13H23N3O4. The van der Waals surface area contributed by atoms with Crippen LogP contribution in [0.5, 0.6) is 0 Å². The molecule has 0 aliphatic carbocycles. The highest BCUT2D eigenvalue weighted by Crippen LogP contribution is 2.28. The predicted octanol–water partition coefficient (Wildman–Crippen LogP) is -0.159. The van der Waals surface area contributed by atoms with E-state index in [9.17, 15) is 9.59 Å². The Morgan fingerprint density at radius 1 is 1.45 bits per heavy atom. The van der Waals surface area contributed by atoms with Crippen molar-refractivity contribution in [2.75, 3.05) is 32.9 Å². The van der Waals surface area contributed by atoms with Crippen LogP contribution in [0.25, 0.3) is 0 Å². The number of nitrogens with one attached hydrogen (secondary N) is 1. The fourth-order valence-electron chi connectivity index (χ4n) is 2.72. The summed E-state index contributed by atoms with van der Waals surface area (Å²) in [5.41, 5.74) is 4.85. The van der Waals surface area contributed by atoms with Crippen LogP contribution in [0, 0.1) is 0 Å². The lowest BCUT2D eigenvalue weighted by Crippen LogP contribution is -2.51. The van der Waals surface area contributed by atoms with Gasteiger partial charge in [-0.2, -0.15) is 0 Å². The summed E-state index contributed by atoms with van der Waals surface area (Å²) in [4.78, 5) is 25.7. The molecular weight excluding hydrogens is 262 g/mol. The smallest absolute Gasteiger partial charge is 0.325 e. The fourth-order valence-corrected chi connectivity index (χ4v) is 2.72. The van der Waals surface area contributed by atoms with E-state index in [0.717, 1.165) is 0 Å². The first-order valence-corrected chi connectivity index (χ1v) is 7.16. The molecule has 0 aromatic carbocycles. The molecule has 3 N–H and O–H groups in total. The Morgan fingerprint density at radius 2 is 2.15 bits per heavy atom. The summed E-state index contributed by atoms with van der Waals surface area (Å²) in [5.74, 6) is -0.141. The van der Waals surface area contributed by atoms with Crippen molar-refractivity contribution in [3.63, 3.8) is 0 Å². The van der Waals surface area contributed by atoms with Gasteiger partial charge in [0.2, 0.25) is 0 Å². The van der Waals surface area contributed by atoms with Gasteiger partial charge in [0.1, 0.15) is 5.54 Å². The molecule has 2 aliphatic rings. The molecule has 1 unspecified atom stereocenters. The summed E-state index contributed by atoms with van der Waals surface area (Å²) in [6.45, 7) is 4.21. The number of hydrogen-bond acceptors (Lipinski definition) is 5. The summed E-state index contributed by atoms with van der Waals surface area (Å²) in [6.07, 6.45) is 1.53. The number of hydrogen-bond donors (Lipinski definition) is 2. The second-order valence-electron chi connectivity index (χ2n) is 5.18. The second-order valence-corrected chi connectivity index (χ2v) is 5.18. The van der Waals surface area contributed by atoms with Crippen LogP contribution in [0.1, 0.15) is 26.2 Å². The average molecular weight is 285 g/mol. The number of nitrogens with two attached hydrogens (primary N) is 1. The van der Waals surface area contributed by atoms with E-state index in [0.29, 0.717) is 52.2 Å². The zero-order valence-electron chi connectivity index (χ0n) is 11.9. The number of carbonyl (C=O) groups is 2. The van der Waals surface area contributed by atoms with Crippen LogP contribution in [-0.4, -0.2) is 61.4 Å². The highest BCUT2D eigenvalue weighted by Gasteiger charge is 2.51. The molecule has 7 heteroatoms. The van der Waals surface area contributed by atoms with Gasteiger partial charge >= 0.3 is 6.03 Å². The molecule has 0 aromatic rings. The first kappa shape index (κ1) is 15.2. The lowest BCUT2D eigenvalue weighted by atomic mass is 9.90. The Balaban J connectivity index is 1.95. The molecule has 2 saturated heterocycles. The van der Waals surface area contributed by atoms with Crippen molar-refractivity contribution < 1.29 is 19.1 Å². The maximum Gasteiger partial charge on any atom is 0.325 e. The van der Waals surface area contributed by atoms with Gasteiger partial charge < -0.3 is 20.5 Å². The van der Waals surface area contributed by atoms with Crippen LogP contribution in [0.3, 0.4) is 0 Å².